The first-order chi connectivity index (χ1) is 17.0. The van der Waals surface area contributed by atoms with Gasteiger partial charge in [0.05, 0.1) is 6.42 Å². The second-order valence-electron chi connectivity index (χ2n) is 9.15. The third-order valence-electron chi connectivity index (χ3n) is 6.48. The monoisotopic (exact) mass is 552 g/mol. The maximum absolute atomic E-state index is 13.8. The summed E-state index contributed by atoms with van der Waals surface area (Å²) in [7, 11) is 0. The Bertz CT molecular complexity index is 1130. The lowest BCUT2D eigenvalue weighted by molar-refractivity contribution is -0.141. The molecule has 1 aliphatic carbocycles. The van der Waals surface area contributed by atoms with Gasteiger partial charge in [-0.1, -0.05) is 95.0 Å². The van der Waals surface area contributed by atoms with E-state index >= 15 is 0 Å². The first-order valence-electron chi connectivity index (χ1n) is 12.1. The summed E-state index contributed by atoms with van der Waals surface area (Å²) in [6.45, 7) is 0.349. The van der Waals surface area contributed by atoms with Gasteiger partial charge in [-0.25, -0.2) is 0 Å². The average Bonchev–Trinajstić information content (AvgIpc) is 3.36. The molecule has 1 atom stereocenters. The zero-order valence-electron chi connectivity index (χ0n) is 19.6. The van der Waals surface area contributed by atoms with Crippen LogP contribution in [0.5, 0.6) is 0 Å². The summed E-state index contributed by atoms with van der Waals surface area (Å²) in [5.74, 6) is -0.185. The molecule has 1 aliphatic rings. The molecule has 4 nitrogen and oxygen atoms in total. The topological polar surface area (TPSA) is 49.4 Å². The summed E-state index contributed by atoms with van der Waals surface area (Å²) in [5, 5.41) is 3.83. The lowest BCUT2D eigenvalue weighted by Gasteiger charge is -2.32. The van der Waals surface area contributed by atoms with Crippen molar-refractivity contribution in [2.24, 2.45) is 0 Å². The molecule has 0 spiro atoms. The van der Waals surface area contributed by atoms with Gasteiger partial charge < -0.3 is 10.2 Å². The molecule has 3 aromatic rings. The van der Waals surface area contributed by atoms with Gasteiger partial charge in [0.1, 0.15) is 6.04 Å². The van der Waals surface area contributed by atoms with Gasteiger partial charge in [0.15, 0.2) is 0 Å². The first-order valence-corrected chi connectivity index (χ1v) is 13.3. The Hall–Kier alpha value is -2.63. The Morgan fingerprint density at radius 3 is 2.29 bits per heavy atom. The van der Waals surface area contributed by atoms with E-state index in [4.69, 9.17) is 11.6 Å². The Labute approximate surface area is 220 Å². The second-order valence-corrected chi connectivity index (χ2v) is 10.5. The van der Waals surface area contributed by atoms with E-state index in [0.717, 1.165) is 46.8 Å². The summed E-state index contributed by atoms with van der Waals surface area (Å²) < 4.78 is 0.970. The molecule has 1 fully saturated rings. The number of nitrogens with one attached hydrogen (secondary N) is 1. The van der Waals surface area contributed by atoms with Gasteiger partial charge in [-0.15, -0.1) is 0 Å². The molecule has 1 saturated carbocycles. The number of benzene rings is 3. The highest BCUT2D eigenvalue weighted by Crippen LogP contribution is 2.21. The largest absolute Gasteiger partial charge is 0.352 e. The predicted molar refractivity (Wildman–Crippen MR) is 144 cm³/mol. The van der Waals surface area contributed by atoms with Gasteiger partial charge in [-0.3, -0.25) is 9.59 Å². The zero-order chi connectivity index (χ0) is 24.6. The number of rotatable bonds is 9. The van der Waals surface area contributed by atoms with Crippen LogP contribution in [0.15, 0.2) is 83.3 Å². The number of halogens is 2. The molecule has 1 N–H and O–H groups in total. The molecule has 6 heteroatoms. The third-order valence-corrected chi connectivity index (χ3v) is 7.25. The Kier molecular flexibility index (Phi) is 9.00. The van der Waals surface area contributed by atoms with Crippen molar-refractivity contribution < 1.29 is 9.59 Å². The zero-order valence-corrected chi connectivity index (χ0v) is 22.0. The predicted octanol–water partition coefficient (Wildman–Crippen LogP) is 6.34. The van der Waals surface area contributed by atoms with Crippen molar-refractivity contribution in [2.45, 2.75) is 57.2 Å². The van der Waals surface area contributed by atoms with Crippen LogP contribution in [0, 0.1) is 0 Å². The minimum atomic E-state index is -0.617. The van der Waals surface area contributed by atoms with E-state index in [1.165, 1.54) is 0 Å². The highest BCUT2D eigenvalue weighted by Gasteiger charge is 2.32. The smallest absolute Gasteiger partial charge is 0.243 e. The van der Waals surface area contributed by atoms with E-state index in [-0.39, 0.29) is 24.3 Å². The molecule has 0 heterocycles. The van der Waals surface area contributed by atoms with Crippen molar-refractivity contribution in [3.8, 4) is 0 Å². The standard InChI is InChI=1S/C29H30BrClN2O2/c30-24-15-13-22(14-16-24)20-33(28(34)19-23-9-6-10-25(31)17-23)27(18-21-7-2-1-3-8-21)29(35)32-26-11-4-5-12-26/h1-3,6-10,13-17,26-27H,4-5,11-12,18-20H2,(H,32,35)/t27-/m0/s1. The number of nitrogens with zero attached hydrogens (tertiary/aromatic N) is 1. The van der Waals surface area contributed by atoms with Crippen molar-refractivity contribution in [3.63, 3.8) is 0 Å². The Morgan fingerprint density at radius 2 is 1.60 bits per heavy atom. The molecule has 0 saturated heterocycles. The van der Waals surface area contributed by atoms with E-state index < -0.39 is 6.04 Å². The van der Waals surface area contributed by atoms with E-state index in [1.807, 2.05) is 72.8 Å². The van der Waals surface area contributed by atoms with Crippen LogP contribution in [0.4, 0.5) is 0 Å². The molecular formula is C29H30BrClN2O2. The molecule has 182 valence electrons. The van der Waals surface area contributed by atoms with Gasteiger partial charge in [-0.05, 0) is 53.8 Å². The summed E-state index contributed by atoms with van der Waals surface area (Å²) in [5.41, 5.74) is 2.83. The van der Waals surface area contributed by atoms with Crippen LogP contribution in [-0.2, 0) is 29.0 Å². The van der Waals surface area contributed by atoms with Crippen LogP contribution >= 0.6 is 27.5 Å². The van der Waals surface area contributed by atoms with Crippen molar-refractivity contribution in [2.75, 3.05) is 0 Å². The van der Waals surface area contributed by atoms with Crippen LogP contribution in [0.1, 0.15) is 42.4 Å². The highest BCUT2D eigenvalue weighted by molar-refractivity contribution is 9.10. The maximum atomic E-state index is 13.8. The van der Waals surface area contributed by atoms with Gasteiger partial charge in [0, 0.05) is 28.5 Å². The van der Waals surface area contributed by atoms with Crippen LogP contribution in [0.3, 0.4) is 0 Å². The normalized spacial score (nSPS) is 14.5. The van der Waals surface area contributed by atoms with E-state index in [0.29, 0.717) is 18.0 Å². The lowest BCUT2D eigenvalue weighted by Crippen LogP contribution is -2.52. The van der Waals surface area contributed by atoms with Crippen LogP contribution in [0.25, 0.3) is 0 Å². The number of carbonyl (C=O) groups excluding carboxylic acids is 2. The first kappa shape index (κ1) is 25.5. The Balaban J connectivity index is 1.65. The van der Waals surface area contributed by atoms with Crippen molar-refractivity contribution in [3.05, 3.63) is 105 Å². The van der Waals surface area contributed by atoms with Crippen molar-refractivity contribution >= 4 is 39.3 Å². The van der Waals surface area contributed by atoms with E-state index in [1.54, 1.807) is 11.0 Å². The number of hydrogen-bond acceptors (Lipinski definition) is 2. The Morgan fingerprint density at radius 1 is 0.914 bits per heavy atom. The molecule has 0 bridgehead atoms. The molecular weight excluding hydrogens is 524 g/mol. The minimum absolute atomic E-state index is 0.0858. The minimum Gasteiger partial charge on any atom is -0.352 e. The van der Waals surface area contributed by atoms with Gasteiger partial charge >= 0.3 is 0 Å². The quantitative estimate of drug-likeness (QED) is 0.336. The van der Waals surface area contributed by atoms with Gasteiger partial charge in [0.2, 0.25) is 11.8 Å². The molecule has 3 aromatic carbocycles. The summed E-state index contributed by atoms with van der Waals surface area (Å²) in [4.78, 5) is 29.2. The van der Waals surface area contributed by atoms with E-state index in [9.17, 15) is 9.59 Å². The van der Waals surface area contributed by atoms with Gasteiger partial charge in [0.25, 0.3) is 0 Å². The third kappa shape index (κ3) is 7.42. The second kappa shape index (κ2) is 12.4. The van der Waals surface area contributed by atoms with Crippen molar-refractivity contribution in [1.29, 1.82) is 0 Å². The van der Waals surface area contributed by atoms with Crippen LogP contribution in [-0.4, -0.2) is 28.8 Å². The SMILES string of the molecule is O=C(NC1CCCC1)[C@H](Cc1ccccc1)N(Cc1ccc(Br)cc1)C(=O)Cc1cccc(Cl)c1. The molecule has 0 radical (unpaired) electrons. The number of amides is 2. The van der Waals surface area contributed by atoms with E-state index in [2.05, 4.69) is 21.2 Å². The summed E-state index contributed by atoms with van der Waals surface area (Å²) in [6.07, 6.45) is 4.88. The fourth-order valence-electron chi connectivity index (χ4n) is 4.63. The van der Waals surface area contributed by atoms with Gasteiger partial charge in [-0.2, -0.15) is 0 Å². The molecule has 4 rings (SSSR count). The summed E-state index contributed by atoms with van der Waals surface area (Å²) >= 11 is 9.65. The molecule has 0 unspecified atom stereocenters. The number of carbonyl (C=O) groups is 2. The van der Waals surface area contributed by atoms with Crippen LogP contribution < -0.4 is 5.32 Å². The highest BCUT2D eigenvalue weighted by atomic mass is 79.9. The molecule has 0 aliphatic heterocycles. The fourth-order valence-corrected chi connectivity index (χ4v) is 5.11. The average molecular weight is 554 g/mol. The van der Waals surface area contributed by atoms with Crippen molar-refractivity contribution in [1.82, 2.24) is 10.2 Å². The fraction of sp³-hybridized carbons (Fsp3) is 0.310. The maximum Gasteiger partial charge on any atom is 0.243 e. The van der Waals surface area contributed by atoms with Crippen LogP contribution in [0.2, 0.25) is 5.02 Å². The number of hydrogen-bond donors (Lipinski definition) is 1. The lowest BCUT2D eigenvalue weighted by atomic mass is 10.0. The molecule has 2 amide bonds. The molecule has 0 aromatic heterocycles. The molecule has 35 heavy (non-hydrogen) atoms. The summed E-state index contributed by atoms with van der Waals surface area (Å²) in [6, 6.07) is 24.7.